The van der Waals surface area contributed by atoms with Crippen molar-refractivity contribution in [2.75, 3.05) is 6.61 Å². The molecule has 0 aliphatic heterocycles. The highest BCUT2D eigenvalue weighted by Crippen LogP contribution is 2.39. The van der Waals surface area contributed by atoms with Gasteiger partial charge < -0.3 is 9.29 Å². The van der Waals surface area contributed by atoms with Gasteiger partial charge >= 0.3 is 17.1 Å². The second kappa shape index (κ2) is 6.84. The minimum atomic E-state index is -5.12. The third-order valence-corrected chi connectivity index (χ3v) is 3.92. The minimum Gasteiger partial charge on any atom is -0.768 e. The van der Waals surface area contributed by atoms with Crippen molar-refractivity contribution < 1.29 is 35.9 Å². The van der Waals surface area contributed by atoms with Gasteiger partial charge in [-0.2, -0.15) is 17.6 Å². The summed E-state index contributed by atoms with van der Waals surface area (Å²) in [6.07, 6.45) is 1.27. The van der Waals surface area contributed by atoms with Gasteiger partial charge in [-0.3, -0.25) is 9.00 Å². The number of alkyl halides is 4. The number of halogens is 4. The van der Waals surface area contributed by atoms with Gasteiger partial charge in [-0.15, -0.1) is 0 Å². The molecule has 1 saturated carbocycles. The summed E-state index contributed by atoms with van der Waals surface area (Å²) in [5, 5.41) is -5.12. The average Bonchev–Trinajstić information content (AvgIpc) is 2.87. The molecule has 9 heteroatoms. The Morgan fingerprint density at radius 2 is 1.80 bits per heavy atom. The first-order chi connectivity index (χ1) is 9.18. The van der Waals surface area contributed by atoms with Crippen molar-refractivity contribution in [3.05, 3.63) is 0 Å². The molecule has 1 atom stereocenters. The Morgan fingerprint density at radius 3 is 2.30 bits per heavy atom. The molecule has 0 radical (unpaired) electrons. The highest BCUT2D eigenvalue weighted by atomic mass is 32.2. The van der Waals surface area contributed by atoms with Gasteiger partial charge in [0, 0.05) is 17.5 Å². The summed E-state index contributed by atoms with van der Waals surface area (Å²) in [6, 6.07) is 0. The SMILES string of the molecule is O=C(OCCCC(F)(F)C(F)(F)S(=O)[O-])C1CCCC1. The molecule has 0 aromatic heterocycles. The van der Waals surface area contributed by atoms with Gasteiger partial charge in [-0.25, -0.2) is 0 Å². The van der Waals surface area contributed by atoms with E-state index in [1.807, 2.05) is 0 Å². The lowest BCUT2D eigenvalue weighted by Gasteiger charge is -2.27. The lowest BCUT2D eigenvalue weighted by molar-refractivity contribution is -0.166. The highest BCUT2D eigenvalue weighted by Gasteiger charge is 2.56. The normalized spacial score (nSPS) is 19.1. The number of carbonyl (C=O) groups excluding carboxylic acids is 1. The van der Waals surface area contributed by atoms with Crippen LogP contribution in [0.4, 0.5) is 17.6 Å². The van der Waals surface area contributed by atoms with Crippen LogP contribution in [-0.2, 0) is 20.6 Å². The number of rotatable bonds is 7. The minimum absolute atomic E-state index is 0.244. The van der Waals surface area contributed by atoms with Gasteiger partial charge in [0.05, 0.1) is 12.5 Å². The van der Waals surface area contributed by atoms with Crippen molar-refractivity contribution in [2.45, 2.75) is 49.7 Å². The lowest BCUT2D eigenvalue weighted by atomic mass is 10.1. The molecule has 0 heterocycles. The van der Waals surface area contributed by atoms with Gasteiger partial charge in [0.1, 0.15) is 0 Å². The maximum atomic E-state index is 13.0. The fourth-order valence-corrected chi connectivity index (χ4v) is 2.36. The Labute approximate surface area is 116 Å². The van der Waals surface area contributed by atoms with Crippen LogP contribution in [0.25, 0.3) is 0 Å². The number of ether oxygens (including phenoxy) is 1. The molecular formula is C11H15F4O4S-. The van der Waals surface area contributed by atoms with Crippen LogP contribution in [0.2, 0.25) is 0 Å². The smallest absolute Gasteiger partial charge is 0.371 e. The van der Waals surface area contributed by atoms with Crippen LogP contribution >= 0.6 is 0 Å². The second-order valence-corrected chi connectivity index (χ2v) is 5.69. The zero-order valence-corrected chi connectivity index (χ0v) is 11.4. The fourth-order valence-electron chi connectivity index (χ4n) is 2.01. The summed E-state index contributed by atoms with van der Waals surface area (Å²) in [7, 11) is 0. The maximum Gasteiger partial charge on any atom is 0.371 e. The van der Waals surface area contributed by atoms with Crippen molar-refractivity contribution in [2.24, 2.45) is 5.92 Å². The molecule has 20 heavy (non-hydrogen) atoms. The van der Waals surface area contributed by atoms with Crippen LogP contribution in [0.5, 0.6) is 0 Å². The summed E-state index contributed by atoms with van der Waals surface area (Å²) in [6.45, 7) is -0.424. The van der Waals surface area contributed by atoms with E-state index in [4.69, 9.17) is 4.74 Å². The molecule has 0 aromatic carbocycles. The predicted molar refractivity (Wildman–Crippen MR) is 61.0 cm³/mol. The molecule has 0 bridgehead atoms. The van der Waals surface area contributed by atoms with Crippen LogP contribution in [-0.4, -0.2) is 32.5 Å². The Morgan fingerprint density at radius 1 is 1.25 bits per heavy atom. The third kappa shape index (κ3) is 4.15. The molecule has 0 saturated heterocycles. The average molecular weight is 319 g/mol. The monoisotopic (exact) mass is 319 g/mol. The van der Waals surface area contributed by atoms with E-state index >= 15 is 0 Å². The van der Waals surface area contributed by atoms with Crippen molar-refractivity contribution in [1.82, 2.24) is 0 Å². The van der Waals surface area contributed by atoms with Gasteiger partial charge in [0.25, 0.3) is 0 Å². The molecular weight excluding hydrogens is 304 g/mol. The van der Waals surface area contributed by atoms with Crippen molar-refractivity contribution >= 4 is 17.0 Å². The predicted octanol–water partition coefficient (Wildman–Crippen LogP) is 2.61. The van der Waals surface area contributed by atoms with Crippen molar-refractivity contribution in [3.63, 3.8) is 0 Å². The highest BCUT2D eigenvalue weighted by molar-refractivity contribution is 7.80. The Hall–Kier alpha value is -0.700. The Kier molecular flexibility index (Phi) is 5.93. The maximum absolute atomic E-state index is 13.0. The van der Waals surface area contributed by atoms with Crippen molar-refractivity contribution in [1.29, 1.82) is 0 Å². The first-order valence-corrected chi connectivity index (χ1v) is 7.27. The molecule has 1 fully saturated rings. The largest absolute Gasteiger partial charge is 0.768 e. The summed E-state index contributed by atoms with van der Waals surface area (Å²) in [5.41, 5.74) is 0. The van der Waals surface area contributed by atoms with E-state index in [1.54, 1.807) is 0 Å². The summed E-state index contributed by atoms with van der Waals surface area (Å²) >= 11 is -4.20. The number of hydrogen-bond donors (Lipinski definition) is 0. The molecule has 1 aliphatic rings. The zero-order chi connectivity index (χ0) is 15.4. The summed E-state index contributed by atoms with van der Waals surface area (Å²) in [5.74, 6) is -5.43. The molecule has 1 aliphatic carbocycles. The molecule has 1 unspecified atom stereocenters. The van der Waals surface area contributed by atoms with E-state index < -0.39 is 47.7 Å². The number of esters is 1. The quantitative estimate of drug-likeness (QED) is 0.313. The number of carbonyl (C=O) groups is 1. The standard InChI is InChI=1S/C11H16F4O4S/c12-10(13,11(14,15)20(17)18)6-3-7-19-9(16)8-4-1-2-5-8/h8H,1-7H2,(H,17,18)/p-1. The molecule has 0 spiro atoms. The van der Waals surface area contributed by atoms with Crippen LogP contribution in [0.15, 0.2) is 0 Å². The van der Waals surface area contributed by atoms with E-state index in [9.17, 15) is 31.1 Å². The zero-order valence-electron chi connectivity index (χ0n) is 10.6. The van der Waals surface area contributed by atoms with Gasteiger partial charge in [0.15, 0.2) is 0 Å². The Bertz CT molecular complexity index is 369. The molecule has 4 nitrogen and oxygen atoms in total. The van der Waals surface area contributed by atoms with E-state index in [2.05, 4.69) is 0 Å². The lowest BCUT2D eigenvalue weighted by Crippen LogP contribution is -2.44. The van der Waals surface area contributed by atoms with Gasteiger partial charge in [-0.05, 0) is 19.3 Å². The van der Waals surface area contributed by atoms with Crippen LogP contribution in [0.3, 0.4) is 0 Å². The van der Waals surface area contributed by atoms with Crippen molar-refractivity contribution in [3.8, 4) is 0 Å². The molecule has 0 aromatic rings. The van der Waals surface area contributed by atoms with E-state index in [0.717, 1.165) is 12.8 Å². The number of hydrogen-bond acceptors (Lipinski definition) is 4. The first kappa shape index (κ1) is 17.4. The van der Waals surface area contributed by atoms with E-state index in [-0.39, 0.29) is 5.92 Å². The molecule has 0 N–H and O–H groups in total. The second-order valence-electron chi connectivity index (χ2n) is 4.71. The van der Waals surface area contributed by atoms with E-state index in [1.165, 1.54) is 0 Å². The van der Waals surface area contributed by atoms with E-state index in [0.29, 0.717) is 12.8 Å². The molecule has 1 rings (SSSR count). The topological polar surface area (TPSA) is 66.4 Å². The summed E-state index contributed by atoms with van der Waals surface area (Å²) in [4.78, 5) is 11.4. The van der Waals surface area contributed by atoms with Crippen LogP contribution in [0.1, 0.15) is 38.5 Å². The van der Waals surface area contributed by atoms with Gasteiger partial charge in [0.2, 0.25) is 0 Å². The van der Waals surface area contributed by atoms with Crippen LogP contribution < -0.4 is 0 Å². The fraction of sp³-hybridized carbons (Fsp3) is 0.909. The molecule has 118 valence electrons. The molecule has 0 amide bonds. The summed E-state index contributed by atoms with van der Waals surface area (Å²) < 4.78 is 76.2. The van der Waals surface area contributed by atoms with Gasteiger partial charge in [-0.1, -0.05) is 12.8 Å². The Balaban J connectivity index is 2.32. The first-order valence-electron chi connectivity index (χ1n) is 6.20. The van der Waals surface area contributed by atoms with Crippen LogP contribution in [0, 0.1) is 5.92 Å². The third-order valence-electron chi connectivity index (χ3n) is 3.20.